The summed E-state index contributed by atoms with van der Waals surface area (Å²) in [6.07, 6.45) is -0.782. The Morgan fingerprint density at radius 2 is 2.54 bits per heavy atom. The topological polar surface area (TPSA) is 76.7 Å². The highest BCUT2D eigenvalue weighted by Crippen LogP contribution is 2.09. The van der Waals surface area contributed by atoms with Crippen LogP contribution < -0.4 is 11.3 Å². The summed E-state index contributed by atoms with van der Waals surface area (Å²) in [4.78, 5) is 15.9. The molecule has 0 radical (unpaired) electrons. The number of nitrogens with two attached hydrogens (primary N) is 1. The maximum Gasteiger partial charge on any atom is 0.447 e. The van der Waals surface area contributed by atoms with Gasteiger partial charge in [0.05, 0.1) is 10.6 Å². The Kier molecular flexibility index (Phi) is 3.41. The van der Waals surface area contributed by atoms with Gasteiger partial charge in [0.1, 0.15) is 0 Å². The predicted molar refractivity (Wildman–Crippen MR) is 50.3 cm³/mol. The molecular weight excluding hydrogens is 190 g/mol. The summed E-state index contributed by atoms with van der Waals surface area (Å²) in [7, 11) is 0. The van der Waals surface area contributed by atoms with Gasteiger partial charge in [-0.15, -0.1) is 11.3 Å². The molecule has 0 aromatic carbocycles. The first kappa shape index (κ1) is 9.69. The number of oxime groups is 1. The number of hydrogen-bond donors (Lipinski definition) is 2. The van der Waals surface area contributed by atoms with E-state index in [-0.39, 0.29) is 0 Å². The van der Waals surface area contributed by atoms with Crippen LogP contribution in [-0.2, 0) is 4.84 Å². The third kappa shape index (κ3) is 2.85. The Morgan fingerprint density at radius 1 is 1.77 bits per heavy atom. The summed E-state index contributed by atoms with van der Waals surface area (Å²) in [5.41, 5.74) is 2.44. The quantitative estimate of drug-likeness (QED) is 0.246. The predicted octanol–water partition coefficient (Wildman–Crippen LogP) is 1.07. The molecule has 0 atom stereocenters. The molecule has 13 heavy (non-hydrogen) atoms. The molecule has 1 aromatic heterocycles. The normalized spacial score (nSPS) is 11.1. The van der Waals surface area contributed by atoms with Crippen LogP contribution in [-0.4, -0.2) is 11.8 Å². The van der Waals surface area contributed by atoms with Gasteiger partial charge in [-0.05, 0) is 18.4 Å². The Labute approximate surface area is 79.2 Å². The number of thiophene rings is 1. The lowest BCUT2D eigenvalue weighted by Crippen LogP contribution is -2.29. The number of amides is 1. The fourth-order valence-electron chi connectivity index (χ4n) is 0.666. The molecule has 0 fully saturated rings. The van der Waals surface area contributed by atoms with Crippen LogP contribution in [0.3, 0.4) is 0 Å². The zero-order valence-corrected chi connectivity index (χ0v) is 7.80. The first-order chi connectivity index (χ1) is 6.24. The average molecular weight is 199 g/mol. The van der Waals surface area contributed by atoms with Crippen molar-refractivity contribution in [1.29, 1.82) is 0 Å². The van der Waals surface area contributed by atoms with Crippen molar-refractivity contribution >= 4 is 23.1 Å². The minimum absolute atomic E-state index is 0.638. The number of nitrogens with zero attached hydrogens (tertiary/aromatic N) is 1. The van der Waals surface area contributed by atoms with Crippen LogP contribution in [0.2, 0.25) is 0 Å². The summed E-state index contributed by atoms with van der Waals surface area (Å²) in [6, 6.07) is 3.77. The maximum atomic E-state index is 10.5. The van der Waals surface area contributed by atoms with Crippen molar-refractivity contribution in [2.45, 2.75) is 6.92 Å². The molecule has 1 amide bonds. The molecule has 0 spiro atoms. The van der Waals surface area contributed by atoms with E-state index in [0.29, 0.717) is 5.71 Å². The maximum absolute atomic E-state index is 10.5. The standard InChI is InChI=1S/C7H9N3O2S/c1-5(6-3-2-4-13-6)10-12-7(11)9-8/h2-4H,8H2,1H3,(H,9,11)/b10-5+. The Hall–Kier alpha value is -1.40. The van der Waals surface area contributed by atoms with Gasteiger partial charge in [-0.25, -0.2) is 10.6 Å². The molecule has 70 valence electrons. The monoisotopic (exact) mass is 199 g/mol. The van der Waals surface area contributed by atoms with E-state index >= 15 is 0 Å². The highest BCUT2D eigenvalue weighted by atomic mass is 32.1. The third-order valence-electron chi connectivity index (χ3n) is 1.26. The minimum atomic E-state index is -0.782. The zero-order valence-electron chi connectivity index (χ0n) is 6.98. The number of hydrogen-bond acceptors (Lipinski definition) is 5. The molecule has 0 saturated heterocycles. The van der Waals surface area contributed by atoms with Crippen LogP contribution >= 0.6 is 11.3 Å². The number of hydrazine groups is 1. The van der Waals surface area contributed by atoms with Gasteiger partial charge in [-0.3, -0.25) is 10.3 Å². The van der Waals surface area contributed by atoms with Gasteiger partial charge in [0.15, 0.2) is 0 Å². The van der Waals surface area contributed by atoms with E-state index in [1.165, 1.54) is 11.3 Å². The van der Waals surface area contributed by atoms with E-state index in [0.717, 1.165) is 4.88 Å². The molecule has 0 aliphatic rings. The molecular formula is C7H9N3O2S. The number of nitrogens with one attached hydrogen (secondary N) is 1. The molecule has 0 aliphatic carbocycles. The SMILES string of the molecule is C/C(=N\OC(=O)NN)c1cccs1. The van der Waals surface area contributed by atoms with Crippen LogP contribution in [0.25, 0.3) is 0 Å². The number of rotatable bonds is 2. The molecule has 1 heterocycles. The van der Waals surface area contributed by atoms with Gasteiger partial charge in [-0.2, -0.15) is 0 Å². The van der Waals surface area contributed by atoms with Crippen molar-refractivity contribution in [3.8, 4) is 0 Å². The van der Waals surface area contributed by atoms with Gasteiger partial charge < -0.3 is 0 Å². The lowest BCUT2D eigenvalue weighted by molar-refractivity contribution is 0.151. The molecule has 6 heteroatoms. The Bertz CT molecular complexity index is 308. The minimum Gasteiger partial charge on any atom is -0.297 e. The van der Waals surface area contributed by atoms with Crippen LogP contribution in [0.1, 0.15) is 11.8 Å². The first-order valence-electron chi connectivity index (χ1n) is 3.50. The zero-order chi connectivity index (χ0) is 9.68. The fourth-order valence-corrected chi connectivity index (χ4v) is 1.33. The van der Waals surface area contributed by atoms with Gasteiger partial charge in [0.2, 0.25) is 0 Å². The summed E-state index contributed by atoms with van der Waals surface area (Å²) >= 11 is 1.52. The van der Waals surface area contributed by atoms with Gasteiger partial charge >= 0.3 is 6.09 Å². The van der Waals surface area contributed by atoms with Crippen molar-refractivity contribution in [3.05, 3.63) is 22.4 Å². The van der Waals surface area contributed by atoms with Gasteiger partial charge in [0.25, 0.3) is 0 Å². The second-order valence-corrected chi connectivity index (χ2v) is 3.12. The molecule has 0 aliphatic heterocycles. The number of carbonyl (C=O) groups is 1. The lowest BCUT2D eigenvalue weighted by Gasteiger charge is -1.96. The number of carbonyl (C=O) groups excluding carboxylic acids is 1. The van der Waals surface area contributed by atoms with E-state index < -0.39 is 6.09 Å². The van der Waals surface area contributed by atoms with E-state index in [1.807, 2.05) is 17.5 Å². The van der Waals surface area contributed by atoms with Crippen molar-refractivity contribution in [2.75, 3.05) is 0 Å². The smallest absolute Gasteiger partial charge is 0.297 e. The highest BCUT2D eigenvalue weighted by Gasteiger charge is 2.00. The lowest BCUT2D eigenvalue weighted by atomic mass is 10.3. The van der Waals surface area contributed by atoms with Crippen molar-refractivity contribution in [1.82, 2.24) is 5.43 Å². The van der Waals surface area contributed by atoms with Crippen LogP contribution in [0, 0.1) is 0 Å². The molecule has 0 unspecified atom stereocenters. The second kappa shape index (κ2) is 4.58. The van der Waals surface area contributed by atoms with Crippen molar-refractivity contribution < 1.29 is 9.63 Å². The summed E-state index contributed by atoms with van der Waals surface area (Å²) < 4.78 is 0. The van der Waals surface area contributed by atoms with Gasteiger partial charge in [-0.1, -0.05) is 11.2 Å². The summed E-state index contributed by atoms with van der Waals surface area (Å²) in [5, 5.41) is 5.49. The molecule has 1 aromatic rings. The molecule has 0 saturated carbocycles. The molecule has 5 nitrogen and oxygen atoms in total. The first-order valence-corrected chi connectivity index (χ1v) is 4.38. The third-order valence-corrected chi connectivity index (χ3v) is 2.24. The molecule has 0 bridgehead atoms. The Morgan fingerprint density at radius 3 is 3.08 bits per heavy atom. The molecule has 3 N–H and O–H groups in total. The van der Waals surface area contributed by atoms with Crippen molar-refractivity contribution in [2.24, 2.45) is 11.0 Å². The highest BCUT2D eigenvalue weighted by molar-refractivity contribution is 7.12. The summed E-state index contributed by atoms with van der Waals surface area (Å²) in [5.74, 6) is 4.79. The van der Waals surface area contributed by atoms with Gasteiger partial charge in [0, 0.05) is 0 Å². The van der Waals surface area contributed by atoms with Crippen LogP contribution in [0.4, 0.5) is 4.79 Å². The van der Waals surface area contributed by atoms with Crippen LogP contribution in [0.15, 0.2) is 22.7 Å². The van der Waals surface area contributed by atoms with E-state index in [9.17, 15) is 4.79 Å². The van der Waals surface area contributed by atoms with E-state index in [2.05, 4.69) is 9.99 Å². The summed E-state index contributed by atoms with van der Waals surface area (Å²) in [6.45, 7) is 1.75. The fraction of sp³-hybridized carbons (Fsp3) is 0.143. The second-order valence-electron chi connectivity index (χ2n) is 2.18. The van der Waals surface area contributed by atoms with Crippen LogP contribution in [0.5, 0.6) is 0 Å². The van der Waals surface area contributed by atoms with Crippen molar-refractivity contribution in [3.63, 3.8) is 0 Å². The van der Waals surface area contributed by atoms with E-state index in [4.69, 9.17) is 5.84 Å². The molecule has 1 rings (SSSR count). The largest absolute Gasteiger partial charge is 0.447 e. The Balaban J connectivity index is 2.57. The van der Waals surface area contributed by atoms with E-state index in [1.54, 1.807) is 12.3 Å². The average Bonchev–Trinajstić information content (AvgIpc) is 2.66.